The highest BCUT2D eigenvalue weighted by Crippen LogP contribution is 2.28. The van der Waals surface area contributed by atoms with Gasteiger partial charge in [0, 0.05) is 31.1 Å². The van der Waals surface area contributed by atoms with Gasteiger partial charge in [0.2, 0.25) is 5.91 Å². The van der Waals surface area contributed by atoms with Crippen molar-refractivity contribution in [3.05, 3.63) is 53.9 Å². The summed E-state index contributed by atoms with van der Waals surface area (Å²) in [6.45, 7) is 4.90. The number of amides is 1. The van der Waals surface area contributed by atoms with E-state index < -0.39 is 6.10 Å². The van der Waals surface area contributed by atoms with Crippen LogP contribution in [0.3, 0.4) is 0 Å². The number of methoxy groups -OCH3 is 1. The summed E-state index contributed by atoms with van der Waals surface area (Å²) < 4.78 is 16.4. The van der Waals surface area contributed by atoms with E-state index in [1.807, 2.05) is 37.3 Å². The molecule has 0 saturated heterocycles. The Balaban J connectivity index is 1.95. The van der Waals surface area contributed by atoms with E-state index in [0.29, 0.717) is 31.3 Å². The van der Waals surface area contributed by atoms with E-state index in [0.717, 1.165) is 11.1 Å². The second kappa shape index (κ2) is 9.64. The van der Waals surface area contributed by atoms with Gasteiger partial charge in [-0.3, -0.25) is 9.78 Å². The number of ether oxygens (including phenoxy) is 3. The largest absolute Gasteiger partial charge is 0.493 e. The zero-order chi connectivity index (χ0) is 18.1. The van der Waals surface area contributed by atoms with Gasteiger partial charge in [0.1, 0.15) is 12.7 Å². The molecule has 1 aromatic carbocycles. The van der Waals surface area contributed by atoms with Crippen LogP contribution in [0.1, 0.15) is 25.0 Å². The summed E-state index contributed by atoms with van der Waals surface area (Å²) in [6, 6.07) is 9.40. The van der Waals surface area contributed by atoms with Crippen molar-refractivity contribution >= 4 is 5.91 Å². The van der Waals surface area contributed by atoms with Crippen molar-refractivity contribution in [2.75, 3.05) is 13.7 Å². The van der Waals surface area contributed by atoms with Gasteiger partial charge in [0.15, 0.2) is 11.5 Å². The second-order valence-electron chi connectivity index (χ2n) is 5.45. The van der Waals surface area contributed by atoms with E-state index in [-0.39, 0.29) is 5.91 Å². The van der Waals surface area contributed by atoms with Gasteiger partial charge in [-0.25, -0.2) is 0 Å². The minimum atomic E-state index is -0.464. The van der Waals surface area contributed by atoms with Crippen LogP contribution >= 0.6 is 0 Å². The van der Waals surface area contributed by atoms with Crippen LogP contribution in [0.15, 0.2) is 42.7 Å². The maximum atomic E-state index is 11.9. The van der Waals surface area contributed by atoms with Gasteiger partial charge in [-0.15, -0.1) is 0 Å². The number of hydrogen-bond acceptors (Lipinski definition) is 5. The average Bonchev–Trinajstić information content (AvgIpc) is 2.65. The SMILES string of the molecule is CCOC(C)C(=O)NCc1ccc(OCc2cccnc2)c(OC)c1. The molecule has 1 heterocycles. The highest BCUT2D eigenvalue weighted by Gasteiger charge is 2.12. The monoisotopic (exact) mass is 344 g/mol. The molecule has 6 nitrogen and oxygen atoms in total. The molecular weight excluding hydrogens is 320 g/mol. The molecular formula is C19H24N2O4. The van der Waals surface area contributed by atoms with Crippen molar-refractivity contribution in [3.63, 3.8) is 0 Å². The van der Waals surface area contributed by atoms with Crippen LogP contribution in [0.5, 0.6) is 11.5 Å². The molecule has 134 valence electrons. The number of pyridine rings is 1. The average molecular weight is 344 g/mol. The third-order valence-electron chi connectivity index (χ3n) is 3.60. The number of benzene rings is 1. The van der Waals surface area contributed by atoms with E-state index in [4.69, 9.17) is 14.2 Å². The Kier molecular flexibility index (Phi) is 7.22. The molecule has 1 N–H and O–H groups in total. The molecule has 25 heavy (non-hydrogen) atoms. The molecule has 0 bridgehead atoms. The van der Waals surface area contributed by atoms with Crippen LogP contribution in [0.25, 0.3) is 0 Å². The molecule has 1 unspecified atom stereocenters. The normalized spacial score (nSPS) is 11.6. The van der Waals surface area contributed by atoms with Gasteiger partial charge in [0.05, 0.1) is 7.11 Å². The zero-order valence-corrected chi connectivity index (χ0v) is 14.8. The van der Waals surface area contributed by atoms with E-state index in [2.05, 4.69) is 10.3 Å². The quantitative estimate of drug-likeness (QED) is 0.757. The van der Waals surface area contributed by atoms with Gasteiger partial charge in [0.25, 0.3) is 0 Å². The number of carbonyl (C=O) groups is 1. The van der Waals surface area contributed by atoms with E-state index in [1.165, 1.54) is 0 Å². The molecule has 2 rings (SSSR count). The molecule has 1 atom stereocenters. The van der Waals surface area contributed by atoms with Crippen molar-refractivity contribution < 1.29 is 19.0 Å². The summed E-state index contributed by atoms with van der Waals surface area (Å²) >= 11 is 0. The summed E-state index contributed by atoms with van der Waals surface area (Å²) in [4.78, 5) is 15.9. The fourth-order valence-corrected chi connectivity index (χ4v) is 2.24. The van der Waals surface area contributed by atoms with Gasteiger partial charge in [-0.1, -0.05) is 12.1 Å². The Morgan fingerprint density at radius 3 is 2.76 bits per heavy atom. The number of nitrogens with one attached hydrogen (secondary N) is 1. The lowest BCUT2D eigenvalue weighted by Gasteiger charge is -2.14. The van der Waals surface area contributed by atoms with Crippen molar-refractivity contribution in [1.82, 2.24) is 10.3 Å². The molecule has 0 aliphatic carbocycles. The lowest BCUT2D eigenvalue weighted by atomic mass is 10.2. The van der Waals surface area contributed by atoms with Crippen LogP contribution in [0.2, 0.25) is 0 Å². The van der Waals surface area contributed by atoms with Gasteiger partial charge in [-0.2, -0.15) is 0 Å². The Bertz CT molecular complexity index is 676. The summed E-state index contributed by atoms with van der Waals surface area (Å²) in [7, 11) is 1.59. The first-order chi connectivity index (χ1) is 12.1. The number of carbonyl (C=O) groups excluding carboxylic acids is 1. The maximum absolute atomic E-state index is 11.9. The first-order valence-corrected chi connectivity index (χ1v) is 8.22. The van der Waals surface area contributed by atoms with Crippen LogP contribution in [0.4, 0.5) is 0 Å². The lowest BCUT2D eigenvalue weighted by molar-refractivity contribution is -0.131. The fourth-order valence-electron chi connectivity index (χ4n) is 2.24. The van der Waals surface area contributed by atoms with Crippen LogP contribution < -0.4 is 14.8 Å². The molecule has 0 aliphatic rings. The molecule has 0 spiro atoms. The van der Waals surface area contributed by atoms with Crippen LogP contribution in [-0.2, 0) is 22.7 Å². The molecule has 0 fully saturated rings. The minimum Gasteiger partial charge on any atom is -0.493 e. The maximum Gasteiger partial charge on any atom is 0.249 e. The Labute approximate surface area is 148 Å². The van der Waals surface area contributed by atoms with Crippen molar-refractivity contribution in [1.29, 1.82) is 0 Å². The highest BCUT2D eigenvalue weighted by atomic mass is 16.5. The predicted octanol–water partition coefficient (Wildman–Crippen LogP) is 2.71. The standard InChI is InChI=1S/C19H24N2O4/c1-4-24-14(2)19(22)21-12-15-7-8-17(18(10-15)23-3)25-13-16-6-5-9-20-11-16/h5-11,14H,4,12-13H2,1-3H3,(H,21,22). The molecule has 1 aromatic heterocycles. The van der Waals surface area contributed by atoms with Crippen molar-refractivity contribution in [2.24, 2.45) is 0 Å². The van der Waals surface area contributed by atoms with Crippen LogP contribution in [0, 0.1) is 0 Å². The second-order valence-corrected chi connectivity index (χ2v) is 5.45. The fraction of sp³-hybridized carbons (Fsp3) is 0.368. The Morgan fingerprint density at radius 2 is 2.08 bits per heavy atom. The number of hydrogen-bond donors (Lipinski definition) is 1. The molecule has 0 aliphatic heterocycles. The zero-order valence-electron chi connectivity index (χ0n) is 14.8. The minimum absolute atomic E-state index is 0.141. The first-order valence-electron chi connectivity index (χ1n) is 8.22. The smallest absolute Gasteiger partial charge is 0.249 e. The predicted molar refractivity (Wildman–Crippen MR) is 94.5 cm³/mol. The van der Waals surface area contributed by atoms with E-state index in [9.17, 15) is 4.79 Å². The molecule has 0 radical (unpaired) electrons. The Hall–Kier alpha value is -2.60. The van der Waals surface area contributed by atoms with E-state index >= 15 is 0 Å². The van der Waals surface area contributed by atoms with E-state index in [1.54, 1.807) is 26.4 Å². The van der Waals surface area contributed by atoms with Gasteiger partial charge < -0.3 is 19.5 Å². The highest BCUT2D eigenvalue weighted by molar-refractivity contribution is 5.80. The number of rotatable bonds is 9. The summed E-state index contributed by atoms with van der Waals surface area (Å²) in [5.74, 6) is 1.12. The van der Waals surface area contributed by atoms with Crippen molar-refractivity contribution in [3.8, 4) is 11.5 Å². The Morgan fingerprint density at radius 1 is 1.24 bits per heavy atom. The molecule has 6 heteroatoms. The van der Waals surface area contributed by atoms with Gasteiger partial charge >= 0.3 is 0 Å². The summed E-state index contributed by atoms with van der Waals surface area (Å²) in [5.41, 5.74) is 1.90. The number of aromatic nitrogens is 1. The summed E-state index contributed by atoms with van der Waals surface area (Å²) in [5, 5.41) is 2.84. The van der Waals surface area contributed by atoms with Crippen molar-refractivity contribution in [2.45, 2.75) is 33.1 Å². The van der Waals surface area contributed by atoms with Crippen LogP contribution in [-0.4, -0.2) is 30.7 Å². The first kappa shape index (κ1) is 18.7. The molecule has 1 amide bonds. The molecule has 0 saturated carbocycles. The third kappa shape index (κ3) is 5.76. The molecule has 2 aromatic rings. The third-order valence-corrected chi connectivity index (χ3v) is 3.60. The number of nitrogens with zero attached hydrogens (tertiary/aromatic N) is 1. The lowest BCUT2D eigenvalue weighted by Crippen LogP contribution is -2.34. The topological polar surface area (TPSA) is 69.7 Å². The van der Waals surface area contributed by atoms with Gasteiger partial charge in [-0.05, 0) is 37.6 Å². The summed E-state index contributed by atoms with van der Waals surface area (Å²) in [6.07, 6.45) is 3.02.